The van der Waals surface area contributed by atoms with E-state index in [1.807, 2.05) is 0 Å². The molecular weight excluding hydrogens is 363 g/mol. The lowest BCUT2D eigenvalue weighted by molar-refractivity contribution is 0.0474. The van der Waals surface area contributed by atoms with Crippen LogP contribution in [0.4, 0.5) is 0 Å². The van der Waals surface area contributed by atoms with E-state index < -0.39 is 21.7 Å². The van der Waals surface area contributed by atoms with Gasteiger partial charge in [0.2, 0.25) is 10.0 Å². The van der Waals surface area contributed by atoms with Gasteiger partial charge >= 0.3 is 0 Å². The summed E-state index contributed by atoms with van der Waals surface area (Å²) >= 11 is 11.7. The van der Waals surface area contributed by atoms with Crippen molar-refractivity contribution in [3.05, 3.63) is 63.1 Å². The predicted octanol–water partition coefficient (Wildman–Crippen LogP) is 1.58. The zero-order valence-corrected chi connectivity index (χ0v) is 13.7. The average Bonchev–Trinajstić information content (AvgIpc) is 2.70. The summed E-state index contributed by atoms with van der Waals surface area (Å²) in [4.78, 5) is 11.7. The van der Waals surface area contributed by atoms with Gasteiger partial charge in [-0.05, 0) is 24.3 Å². The van der Waals surface area contributed by atoms with Gasteiger partial charge in [0.15, 0.2) is 5.72 Å². The maximum absolute atomic E-state index is 12.1. The standard InChI is InChI=1S/C14H10Cl2N2O4S/c15-8-2-3-10-9(6-8)13(19)18-14(10,20)7-1-4-11(16)12(5-7)23(17,21)22/h1-6,20H,(H,18,19)(H2,17,21,22). The Bertz CT molecular complexity index is 946. The molecule has 0 aromatic heterocycles. The molecule has 0 bridgehead atoms. The smallest absolute Gasteiger partial charge is 0.254 e. The molecule has 120 valence electrons. The zero-order chi connectivity index (χ0) is 17.0. The molecule has 0 spiro atoms. The van der Waals surface area contributed by atoms with Crippen molar-refractivity contribution in [1.29, 1.82) is 0 Å². The van der Waals surface area contributed by atoms with Gasteiger partial charge < -0.3 is 10.4 Å². The average molecular weight is 373 g/mol. The van der Waals surface area contributed by atoms with E-state index in [4.69, 9.17) is 28.3 Å². The molecule has 1 heterocycles. The summed E-state index contributed by atoms with van der Waals surface area (Å²) in [6.45, 7) is 0. The number of halogens is 2. The Kier molecular flexibility index (Phi) is 3.66. The molecule has 0 saturated heterocycles. The number of benzene rings is 2. The molecule has 1 unspecified atom stereocenters. The minimum absolute atomic E-state index is 0.0829. The van der Waals surface area contributed by atoms with Crippen LogP contribution in [-0.2, 0) is 15.7 Å². The second-order valence-corrected chi connectivity index (χ2v) is 7.42. The number of nitrogens with one attached hydrogen (secondary N) is 1. The largest absolute Gasteiger partial charge is 0.363 e. The number of hydrogen-bond donors (Lipinski definition) is 3. The number of hydrogen-bond acceptors (Lipinski definition) is 4. The molecule has 2 aromatic carbocycles. The molecule has 23 heavy (non-hydrogen) atoms. The predicted molar refractivity (Wildman–Crippen MR) is 84.7 cm³/mol. The maximum atomic E-state index is 12.1. The Morgan fingerprint density at radius 2 is 1.83 bits per heavy atom. The third-order valence-corrected chi connectivity index (χ3v) is 5.19. The Labute approximate surface area is 141 Å². The molecule has 0 saturated carbocycles. The minimum Gasteiger partial charge on any atom is -0.363 e. The molecule has 2 aromatic rings. The lowest BCUT2D eigenvalue weighted by atomic mass is 9.94. The first-order valence-electron chi connectivity index (χ1n) is 6.30. The van der Waals surface area contributed by atoms with Gasteiger partial charge in [-0.3, -0.25) is 4.79 Å². The van der Waals surface area contributed by atoms with Crippen molar-refractivity contribution in [2.45, 2.75) is 10.6 Å². The van der Waals surface area contributed by atoms with E-state index in [1.54, 1.807) is 0 Å². The van der Waals surface area contributed by atoms with Gasteiger partial charge in [-0.2, -0.15) is 0 Å². The van der Waals surface area contributed by atoms with Crippen LogP contribution in [0.1, 0.15) is 21.5 Å². The highest BCUT2D eigenvalue weighted by Gasteiger charge is 2.43. The number of amides is 1. The topological polar surface area (TPSA) is 109 Å². The fraction of sp³-hybridized carbons (Fsp3) is 0.0714. The number of fused-ring (bicyclic) bond motifs is 1. The van der Waals surface area contributed by atoms with E-state index in [2.05, 4.69) is 5.32 Å². The van der Waals surface area contributed by atoms with Crippen molar-refractivity contribution < 1.29 is 18.3 Å². The molecule has 1 atom stereocenters. The number of primary sulfonamides is 1. The summed E-state index contributed by atoms with van der Waals surface area (Å²) in [5.74, 6) is -0.530. The van der Waals surface area contributed by atoms with E-state index in [1.165, 1.54) is 30.3 Å². The van der Waals surface area contributed by atoms with Gasteiger partial charge in [-0.25, -0.2) is 13.6 Å². The molecule has 0 radical (unpaired) electrons. The van der Waals surface area contributed by atoms with Crippen LogP contribution in [0.3, 0.4) is 0 Å². The molecular formula is C14H10Cl2N2O4S. The Balaban J connectivity index is 2.23. The molecule has 6 nitrogen and oxygen atoms in total. The van der Waals surface area contributed by atoms with Crippen LogP contribution >= 0.6 is 23.2 Å². The maximum Gasteiger partial charge on any atom is 0.254 e. The SMILES string of the molecule is NS(=O)(=O)c1cc(C2(O)NC(=O)c3cc(Cl)ccc32)ccc1Cl. The van der Waals surface area contributed by atoms with E-state index in [9.17, 15) is 18.3 Å². The molecule has 9 heteroatoms. The summed E-state index contributed by atoms with van der Waals surface area (Å²) in [7, 11) is -4.09. The second kappa shape index (κ2) is 5.19. The fourth-order valence-corrected chi connectivity index (χ4v) is 3.74. The lowest BCUT2D eigenvalue weighted by Gasteiger charge is -2.25. The van der Waals surface area contributed by atoms with Crippen LogP contribution in [0.25, 0.3) is 0 Å². The summed E-state index contributed by atoms with van der Waals surface area (Å²) in [6, 6.07) is 8.24. The van der Waals surface area contributed by atoms with Gasteiger partial charge in [0.05, 0.1) is 5.02 Å². The van der Waals surface area contributed by atoms with Crippen molar-refractivity contribution in [2.75, 3.05) is 0 Å². The van der Waals surface area contributed by atoms with Crippen LogP contribution < -0.4 is 10.5 Å². The molecule has 1 aliphatic rings. The van der Waals surface area contributed by atoms with E-state index in [-0.39, 0.29) is 26.6 Å². The molecule has 1 amide bonds. The molecule has 3 rings (SSSR count). The molecule has 0 fully saturated rings. The van der Waals surface area contributed by atoms with Crippen LogP contribution in [0.2, 0.25) is 10.0 Å². The first kappa shape index (κ1) is 16.2. The van der Waals surface area contributed by atoms with Gasteiger partial charge in [0.1, 0.15) is 4.90 Å². The monoisotopic (exact) mass is 372 g/mol. The summed E-state index contributed by atoms with van der Waals surface area (Å²) < 4.78 is 23.2. The van der Waals surface area contributed by atoms with E-state index >= 15 is 0 Å². The summed E-state index contributed by atoms with van der Waals surface area (Å²) in [6.07, 6.45) is 0. The molecule has 0 aliphatic carbocycles. The highest BCUT2D eigenvalue weighted by atomic mass is 35.5. The number of carbonyl (C=O) groups is 1. The Hall–Kier alpha value is -1.64. The number of carbonyl (C=O) groups excluding carboxylic acids is 1. The minimum atomic E-state index is -4.09. The second-order valence-electron chi connectivity index (χ2n) is 5.04. The lowest BCUT2D eigenvalue weighted by Crippen LogP contribution is -2.40. The van der Waals surface area contributed by atoms with Gasteiger partial charge in [-0.15, -0.1) is 0 Å². The van der Waals surface area contributed by atoms with Crippen LogP contribution in [0.15, 0.2) is 41.3 Å². The fourth-order valence-electron chi connectivity index (χ4n) is 2.49. The van der Waals surface area contributed by atoms with Crippen LogP contribution in [0.5, 0.6) is 0 Å². The molecule has 4 N–H and O–H groups in total. The Morgan fingerprint density at radius 3 is 2.48 bits per heavy atom. The van der Waals surface area contributed by atoms with Crippen molar-refractivity contribution >= 4 is 39.1 Å². The van der Waals surface area contributed by atoms with Gasteiger partial charge in [0, 0.05) is 21.7 Å². The van der Waals surface area contributed by atoms with Gasteiger partial charge in [-0.1, -0.05) is 35.3 Å². The third-order valence-electron chi connectivity index (χ3n) is 3.57. The first-order valence-corrected chi connectivity index (χ1v) is 8.61. The van der Waals surface area contributed by atoms with Crippen molar-refractivity contribution in [3.8, 4) is 0 Å². The summed E-state index contributed by atoms with van der Waals surface area (Å²) in [5.41, 5.74) is -1.33. The quantitative estimate of drug-likeness (QED) is 0.742. The highest BCUT2D eigenvalue weighted by molar-refractivity contribution is 7.89. The number of nitrogens with two attached hydrogens (primary N) is 1. The normalized spacial score (nSPS) is 20.3. The van der Waals surface area contributed by atoms with Crippen molar-refractivity contribution in [2.24, 2.45) is 5.14 Å². The van der Waals surface area contributed by atoms with E-state index in [0.717, 1.165) is 6.07 Å². The third kappa shape index (κ3) is 2.60. The Morgan fingerprint density at radius 1 is 1.13 bits per heavy atom. The first-order chi connectivity index (χ1) is 10.6. The molecule has 1 aliphatic heterocycles. The van der Waals surface area contributed by atoms with Crippen molar-refractivity contribution in [1.82, 2.24) is 5.32 Å². The van der Waals surface area contributed by atoms with Crippen molar-refractivity contribution in [3.63, 3.8) is 0 Å². The highest BCUT2D eigenvalue weighted by Crippen LogP contribution is 2.37. The summed E-state index contributed by atoms with van der Waals surface area (Å²) in [5, 5.41) is 18.7. The number of sulfonamides is 1. The zero-order valence-electron chi connectivity index (χ0n) is 11.4. The van der Waals surface area contributed by atoms with Gasteiger partial charge in [0.25, 0.3) is 5.91 Å². The van der Waals surface area contributed by atoms with Crippen LogP contribution in [-0.4, -0.2) is 19.4 Å². The number of aliphatic hydroxyl groups is 1. The number of rotatable bonds is 2. The van der Waals surface area contributed by atoms with E-state index in [0.29, 0.717) is 5.02 Å². The van der Waals surface area contributed by atoms with Crippen LogP contribution in [0, 0.1) is 0 Å².